The monoisotopic (exact) mass is 324 g/mol. The second-order valence-corrected chi connectivity index (χ2v) is 6.62. The third-order valence-electron chi connectivity index (χ3n) is 4.92. The Labute approximate surface area is 143 Å². The second kappa shape index (κ2) is 7.58. The second-order valence-electron chi connectivity index (χ2n) is 6.62. The summed E-state index contributed by atoms with van der Waals surface area (Å²) >= 11 is 0. The van der Waals surface area contributed by atoms with Gasteiger partial charge in [-0.1, -0.05) is 24.3 Å². The van der Waals surface area contributed by atoms with Crippen LogP contribution in [-0.4, -0.2) is 40.1 Å². The van der Waals surface area contributed by atoms with E-state index in [-0.39, 0.29) is 11.8 Å². The van der Waals surface area contributed by atoms with E-state index in [1.165, 1.54) is 11.1 Å². The van der Waals surface area contributed by atoms with E-state index in [9.17, 15) is 9.90 Å². The number of aryl methyl sites for hydroxylation is 1. The summed E-state index contributed by atoms with van der Waals surface area (Å²) in [5.74, 6) is 0.297. The van der Waals surface area contributed by atoms with Crippen LogP contribution in [0.25, 0.3) is 0 Å². The molecule has 0 spiro atoms. The quantitative estimate of drug-likeness (QED) is 0.939. The van der Waals surface area contributed by atoms with Gasteiger partial charge in [0.15, 0.2) is 0 Å². The Balaban J connectivity index is 1.57. The van der Waals surface area contributed by atoms with E-state index in [2.05, 4.69) is 24.0 Å². The zero-order valence-corrected chi connectivity index (χ0v) is 14.1. The number of rotatable bonds is 4. The molecule has 1 fully saturated rings. The molecule has 2 atom stereocenters. The molecule has 0 saturated carbocycles. The lowest BCUT2D eigenvalue weighted by molar-refractivity contribution is -0.134. The summed E-state index contributed by atoms with van der Waals surface area (Å²) in [5.41, 5.74) is 3.52. The summed E-state index contributed by atoms with van der Waals surface area (Å²) in [7, 11) is 0. The van der Waals surface area contributed by atoms with Crippen LogP contribution in [0, 0.1) is 12.8 Å². The highest BCUT2D eigenvalue weighted by molar-refractivity contribution is 5.78. The normalized spacial score (nSPS) is 20.8. The maximum absolute atomic E-state index is 12.4. The summed E-state index contributed by atoms with van der Waals surface area (Å²) in [6.45, 7) is 3.26. The van der Waals surface area contributed by atoms with Crippen molar-refractivity contribution in [3.05, 3.63) is 65.5 Å². The lowest BCUT2D eigenvalue weighted by Crippen LogP contribution is -2.47. The zero-order valence-electron chi connectivity index (χ0n) is 14.1. The van der Waals surface area contributed by atoms with Crippen LogP contribution >= 0.6 is 0 Å². The highest BCUT2D eigenvalue weighted by Gasteiger charge is 2.30. The highest BCUT2D eigenvalue weighted by Crippen LogP contribution is 2.24. The van der Waals surface area contributed by atoms with Gasteiger partial charge in [-0.2, -0.15) is 0 Å². The Morgan fingerprint density at radius 2 is 2.00 bits per heavy atom. The predicted molar refractivity (Wildman–Crippen MR) is 93.5 cm³/mol. The minimum Gasteiger partial charge on any atom is -0.391 e. The van der Waals surface area contributed by atoms with Gasteiger partial charge in [0.25, 0.3) is 0 Å². The number of nitrogens with zero attached hydrogens (tertiary/aromatic N) is 2. The molecule has 1 amide bonds. The van der Waals surface area contributed by atoms with Crippen LogP contribution in [-0.2, 0) is 17.6 Å². The van der Waals surface area contributed by atoms with Gasteiger partial charge in [-0.3, -0.25) is 9.78 Å². The molecule has 3 rings (SSSR count). The number of carbonyl (C=O) groups excluding carboxylic acids is 1. The minimum atomic E-state index is -0.459. The molecule has 0 radical (unpaired) electrons. The molecule has 24 heavy (non-hydrogen) atoms. The van der Waals surface area contributed by atoms with Crippen molar-refractivity contribution in [1.82, 2.24) is 9.88 Å². The molecule has 2 aromatic rings. The fourth-order valence-corrected chi connectivity index (χ4v) is 3.35. The van der Waals surface area contributed by atoms with Gasteiger partial charge >= 0.3 is 0 Å². The van der Waals surface area contributed by atoms with Crippen molar-refractivity contribution in [2.24, 2.45) is 5.92 Å². The Bertz CT molecular complexity index is 687. The summed E-state index contributed by atoms with van der Waals surface area (Å²) < 4.78 is 0. The molecule has 2 heterocycles. The first-order valence-corrected chi connectivity index (χ1v) is 8.52. The van der Waals surface area contributed by atoms with Crippen molar-refractivity contribution in [3.63, 3.8) is 0 Å². The molecule has 0 unspecified atom stereocenters. The summed E-state index contributed by atoms with van der Waals surface area (Å²) in [4.78, 5) is 18.2. The molecule has 1 N–H and O–H groups in total. The Morgan fingerprint density at radius 1 is 1.25 bits per heavy atom. The lowest BCUT2D eigenvalue weighted by Gasteiger charge is -2.36. The van der Waals surface area contributed by atoms with Gasteiger partial charge in [-0.25, -0.2) is 0 Å². The molecule has 1 saturated heterocycles. The third-order valence-corrected chi connectivity index (χ3v) is 4.92. The first kappa shape index (κ1) is 16.7. The molecule has 126 valence electrons. The van der Waals surface area contributed by atoms with E-state index in [1.54, 1.807) is 17.3 Å². The van der Waals surface area contributed by atoms with Crippen molar-refractivity contribution in [2.75, 3.05) is 13.1 Å². The van der Waals surface area contributed by atoms with E-state index < -0.39 is 6.10 Å². The number of benzene rings is 1. The van der Waals surface area contributed by atoms with Crippen molar-refractivity contribution in [1.29, 1.82) is 0 Å². The van der Waals surface area contributed by atoms with Crippen LogP contribution in [0.3, 0.4) is 0 Å². The maximum atomic E-state index is 12.4. The van der Waals surface area contributed by atoms with Crippen molar-refractivity contribution < 1.29 is 9.90 Å². The van der Waals surface area contributed by atoms with E-state index in [4.69, 9.17) is 0 Å². The summed E-state index contributed by atoms with van der Waals surface area (Å²) in [5, 5.41) is 10.5. The average molecular weight is 324 g/mol. The topological polar surface area (TPSA) is 53.4 Å². The molecular weight excluding hydrogens is 300 g/mol. The number of β-amino-alcohol motifs (C(OH)–C–C–N with tert-alkyl or cyclic N) is 1. The Morgan fingerprint density at radius 3 is 2.71 bits per heavy atom. The first-order valence-electron chi connectivity index (χ1n) is 8.52. The van der Waals surface area contributed by atoms with Crippen LogP contribution in [0.2, 0.25) is 0 Å². The fourth-order valence-electron chi connectivity index (χ4n) is 3.35. The number of piperidine rings is 1. The number of amides is 1. The van der Waals surface area contributed by atoms with Crippen molar-refractivity contribution >= 4 is 5.91 Å². The number of aromatic nitrogens is 1. The molecule has 0 bridgehead atoms. The number of likely N-dealkylation sites (tertiary alicyclic amines) is 1. The summed E-state index contributed by atoms with van der Waals surface area (Å²) in [6.07, 6.45) is 5.03. The third kappa shape index (κ3) is 4.01. The largest absolute Gasteiger partial charge is 0.391 e. The SMILES string of the molecule is Cc1ccccc1C[C@H]1CCN(C(=O)Cc2ccncc2)C[C@@H]1O. The number of carbonyl (C=O) groups is 1. The van der Waals surface area contributed by atoms with Crippen LogP contribution in [0.5, 0.6) is 0 Å². The molecule has 0 aliphatic carbocycles. The summed E-state index contributed by atoms with van der Waals surface area (Å²) in [6, 6.07) is 12.0. The Kier molecular flexibility index (Phi) is 5.26. The number of hydrogen-bond donors (Lipinski definition) is 1. The van der Waals surface area contributed by atoms with Gasteiger partial charge in [0.1, 0.15) is 0 Å². The molecule has 1 aromatic carbocycles. The van der Waals surface area contributed by atoms with Crippen LogP contribution in [0.4, 0.5) is 0 Å². The molecule has 4 heteroatoms. The van der Waals surface area contributed by atoms with Crippen molar-refractivity contribution in [3.8, 4) is 0 Å². The Hall–Kier alpha value is -2.20. The number of pyridine rings is 1. The standard InChI is InChI=1S/C20H24N2O2/c1-15-4-2-3-5-17(15)13-18-8-11-22(14-19(18)23)20(24)12-16-6-9-21-10-7-16/h2-7,9-10,18-19,23H,8,11-14H2,1H3/t18-,19+/m1/s1. The van der Waals surface area contributed by atoms with E-state index in [1.807, 2.05) is 24.3 Å². The highest BCUT2D eigenvalue weighted by atomic mass is 16.3. The molecule has 1 aromatic heterocycles. The smallest absolute Gasteiger partial charge is 0.227 e. The van der Waals surface area contributed by atoms with Gasteiger partial charge < -0.3 is 10.0 Å². The zero-order chi connectivity index (χ0) is 16.9. The predicted octanol–water partition coefficient (Wildman–Crippen LogP) is 2.38. The lowest BCUT2D eigenvalue weighted by atomic mass is 9.86. The first-order chi connectivity index (χ1) is 11.6. The molecule has 1 aliphatic heterocycles. The van der Waals surface area contributed by atoms with Gasteiger partial charge in [0, 0.05) is 25.5 Å². The van der Waals surface area contributed by atoms with Crippen LogP contribution < -0.4 is 0 Å². The van der Waals surface area contributed by atoms with Crippen LogP contribution in [0.15, 0.2) is 48.8 Å². The van der Waals surface area contributed by atoms with Gasteiger partial charge in [-0.05, 0) is 54.5 Å². The van der Waals surface area contributed by atoms with E-state index in [0.29, 0.717) is 13.0 Å². The van der Waals surface area contributed by atoms with Gasteiger partial charge in [0.05, 0.1) is 12.5 Å². The van der Waals surface area contributed by atoms with E-state index in [0.717, 1.165) is 24.9 Å². The maximum Gasteiger partial charge on any atom is 0.227 e. The number of aliphatic hydroxyl groups excluding tert-OH is 1. The number of aliphatic hydroxyl groups is 1. The van der Waals surface area contributed by atoms with Gasteiger partial charge in [-0.15, -0.1) is 0 Å². The minimum absolute atomic E-state index is 0.0783. The fraction of sp³-hybridized carbons (Fsp3) is 0.400. The van der Waals surface area contributed by atoms with Crippen LogP contribution in [0.1, 0.15) is 23.1 Å². The molecular formula is C20H24N2O2. The van der Waals surface area contributed by atoms with Crippen molar-refractivity contribution in [2.45, 2.75) is 32.3 Å². The molecule has 4 nitrogen and oxygen atoms in total. The van der Waals surface area contributed by atoms with Gasteiger partial charge in [0.2, 0.25) is 5.91 Å². The average Bonchev–Trinajstić information content (AvgIpc) is 2.59. The number of hydrogen-bond acceptors (Lipinski definition) is 3. The molecule has 1 aliphatic rings. The van der Waals surface area contributed by atoms with E-state index >= 15 is 0 Å².